The Labute approximate surface area is 188 Å². The van der Waals surface area contributed by atoms with Gasteiger partial charge in [-0.05, 0) is 50.4 Å². The molecule has 2 atom stereocenters. The number of carbonyl (C=O) groups is 1. The van der Waals surface area contributed by atoms with Crippen molar-refractivity contribution in [3.8, 4) is 5.75 Å². The first-order chi connectivity index (χ1) is 15.1. The van der Waals surface area contributed by atoms with Crippen molar-refractivity contribution in [2.75, 3.05) is 20.2 Å². The Morgan fingerprint density at radius 2 is 2.13 bits per heavy atom. The van der Waals surface area contributed by atoms with E-state index >= 15 is 0 Å². The van der Waals surface area contributed by atoms with Gasteiger partial charge < -0.3 is 10.1 Å². The van der Waals surface area contributed by atoms with Gasteiger partial charge in [-0.2, -0.15) is 0 Å². The van der Waals surface area contributed by atoms with Crippen LogP contribution in [0.15, 0.2) is 60.1 Å². The van der Waals surface area contributed by atoms with Gasteiger partial charge in [-0.15, -0.1) is 11.3 Å². The van der Waals surface area contributed by atoms with Crippen molar-refractivity contribution in [3.05, 3.63) is 81.8 Å². The molecule has 2 heterocycles. The zero-order valence-corrected chi connectivity index (χ0v) is 18.9. The molecule has 1 N–H and O–H groups in total. The van der Waals surface area contributed by atoms with Crippen molar-refractivity contribution < 1.29 is 9.53 Å². The molecule has 1 fully saturated rings. The molecule has 0 bridgehead atoms. The molecule has 162 valence electrons. The predicted octanol–water partition coefficient (Wildman–Crippen LogP) is 4.84. The maximum atomic E-state index is 12.9. The van der Waals surface area contributed by atoms with Gasteiger partial charge in [0.25, 0.3) is 5.91 Å². The first kappa shape index (κ1) is 21.5. The largest absolute Gasteiger partial charge is 0.496 e. The number of aryl methyl sites for hydroxylation is 1. The number of methoxy groups -OCH3 is 1. The third-order valence-corrected chi connectivity index (χ3v) is 6.74. The van der Waals surface area contributed by atoms with Crippen molar-refractivity contribution in [2.45, 2.75) is 32.4 Å². The van der Waals surface area contributed by atoms with Crippen LogP contribution in [0.25, 0.3) is 0 Å². The third kappa shape index (κ3) is 5.32. The van der Waals surface area contributed by atoms with E-state index in [1.165, 1.54) is 11.1 Å². The highest BCUT2D eigenvalue weighted by Crippen LogP contribution is 2.33. The van der Waals surface area contributed by atoms with Crippen molar-refractivity contribution in [1.82, 2.24) is 15.2 Å². The zero-order chi connectivity index (χ0) is 21.6. The molecule has 3 aromatic rings. The number of amides is 1. The summed E-state index contributed by atoms with van der Waals surface area (Å²) in [5.41, 5.74) is 3.13. The Morgan fingerprint density at radius 3 is 2.87 bits per heavy atom. The van der Waals surface area contributed by atoms with E-state index in [9.17, 15) is 4.79 Å². The van der Waals surface area contributed by atoms with E-state index < -0.39 is 0 Å². The fourth-order valence-electron chi connectivity index (χ4n) is 4.36. The molecule has 1 aliphatic heterocycles. The van der Waals surface area contributed by atoms with E-state index in [1.807, 2.05) is 48.0 Å². The lowest BCUT2D eigenvalue weighted by atomic mass is 9.90. The Kier molecular flexibility index (Phi) is 6.99. The summed E-state index contributed by atoms with van der Waals surface area (Å²) >= 11 is 1.61. The second-order valence-electron chi connectivity index (χ2n) is 8.14. The molecule has 4 rings (SSSR count). The molecule has 0 aliphatic carbocycles. The van der Waals surface area contributed by atoms with Crippen LogP contribution in [0.4, 0.5) is 0 Å². The number of nitrogens with zero attached hydrogens (tertiary/aromatic N) is 2. The number of thiazole rings is 1. The maximum Gasteiger partial charge on any atom is 0.251 e. The van der Waals surface area contributed by atoms with Crippen molar-refractivity contribution in [1.29, 1.82) is 0 Å². The number of aromatic nitrogens is 1. The molecule has 1 aromatic heterocycles. The molecule has 31 heavy (non-hydrogen) atoms. The fourth-order valence-corrected chi connectivity index (χ4v) is 5.14. The second kappa shape index (κ2) is 10.1. The number of nitrogens with one attached hydrogen (secondary N) is 1. The summed E-state index contributed by atoms with van der Waals surface area (Å²) in [7, 11) is 1.73. The number of benzene rings is 2. The number of likely N-dealkylation sites (tertiary alicyclic amines) is 1. The quantitative estimate of drug-likeness (QED) is 0.577. The number of hydrogen-bond donors (Lipinski definition) is 1. The smallest absolute Gasteiger partial charge is 0.251 e. The van der Waals surface area contributed by atoms with Crippen LogP contribution in [-0.4, -0.2) is 36.0 Å². The average Bonchev–Trinajstić information content (AvgIpc) is 3.33. The summed E-state index contributed by atoms with van der Waals surface area (Å²) in [6, 6.07) is 15.7. The second-order valence-corrected chi connectivity index (χ2v) is 9.07. The fraction of sp³-hybridized carbons (Fsp3) is 0.360. The topological polar surface area (TPSA) is 54.5 Å². The van der Waals surface area contributed by atoms with Gasteiger partial charge in [0, 0.05) is 35.8 Å². The molecule has 1 aliphatic rings. The molecular weight excluding hydrogens is 406 g/mol. The van der Waals surface area contributed by atoms with Crippen molar-refractivity contribution in [3.63, 3.8) is 0 Å². The molecule has 1 amide bonds. The zero-order valence-electron chi connectivity index (χ0n) is 18.1. The predicted molar refractivity (Wildman–Crippen MR) is 124 cm³/mol. The minimum atomic E-state index is -0.0880. The van der Waals surface area contributed by atoms with Crippen molar-refractivity contribution in [2.24, 2.45) is 5.92 Å². The van der Waals surface area contributed by atoms with E-state index in [2.05, 4.69) is 34.3 Å². The van der Waals surface area contributed by atoms with Gasteiger partial charge in [-0.1, -0.05) is 35.9 Å². The van der Waals surface area contributed by atoms with Crippen molar-refractivity contribution >= 4 is 17.2 Å². The lowest BCUT2D eigenvalue weighted by Crippen LogP contribution is -2.42. The number of hydrogen-bond acceptors (Lipinski definition) is 5. The van der Waals surface area contributed by atoms with Crippen LogP contribution in [0.3, 0.4) is 0 Å². The van der Waals surface area contributed by atoms with E-state index in [-0.39, 0.29) is 11.9 Å². The molecule has 6 heteroatoms. The SMILES string of the molecule is COc1ccc(C)cc1CN1CCC[C@@H]([C@@H](NC(=O)c2ccccc2)c2nccs2)C1. The maximum absolute atomic E-state index is 12.9. The molecule has 0 saturated carbocycles. The first-order valence-corrected chi connectivity index (χ1v) is 11.6. The molecule has 2 aromatic carbocycles. The van der Waals surface area contributed by atoms with Gasteiger partial charge in [0.05, 0.1) is 13.2 Å². The highest BCUT2D eigenvalue weighted by Gasteiger charge is 2.31. The molecule has 1 saturated heterocycles. The van der Waals surface area contributed by atoms with Crippen LogP contribution in [0.2, 0.25) is 0 Å². The summed E-state index contributed by atoms with van der Waals surface area (Å²) in [5, 5.41) is 6.24. The minimum Gasteiger partial charge on any atom is -0.496 e. The van der Waals surface area contributed by atoms with Gasteiger partial charge in [-0.25, -0.2) is 4.98 Å². The molecular formula is C25H29N3O2S. The van der Waals surface area contributed by atoms with E-state index in [0.29, 0.717) is 11.5 Å². The van der Waals surface area contributed by atoms with Gasteiger partial charge in [0.2, 0.25) is 0 Å². The lowest BCUT2D eigenvalue weighted by molar-refractivity contribution is 0.0877. The summed E-state index contributed by atoms with van der Waals surface area (Å²) in [6.45, 7) is 4.92. The summed E-state index contributed by atoms with van der Waals surface area (Å²) in [4.78, 5) is 19.9. The van der Waals surface area contributed by atoms with Gasteiger partial charge >= 0.3 is 0 Å². The van der Waals surface area contributed by atoms with Gasteiger partial charge in [-0.3, -0.25) is 9.69 Å². The molecule has 0 spiro atoms. The number of ether oxygens (including phenoxy) is 1. The summed E-state index contributed by atoms with van der Waals surface area (Å²) < 4.78 is 5.58. The minimum absolute atomic E-state index is 0.0433. The summed E-state index contributed by atoms with van der Waals surface area (Å²) in [5.74, 6) is 1.20. The van der Waals surface area contributed by atoms with Crippen LogP contribution in [0.1, 0.15) is 45.4 Å². The van der Waals surface area contributed by atoms with E-state index in [4.69, 9.17) is 4.74 Å². The van der Waals surface area contributed by atoms with Crippen LogP contribution < -0.4 is 10.1 Å². The van der Waals surface area contributed by atoms with Gasteiger partial charge in [0.1, 0.15) is 10.8 Å². The first-order valence-electron chi connectivity index (χ1n) is 10.7. The summed E-state index contributed by atoms with van der Waals surface area (Å²) in [6.07, 6.45) is 3.99. The third-order valence-electron chi connectivity index (χ3n) is 5.88. The molecule has 0 radical (unpaired) electrons. The van der Waals surface area contributed by atoms with E-state index in [0.717, 1.165) is 43.2 Å². The van der Waals surface area contributed by atoms with Crippen LogP contribution >= 0.6 is 11.3 Å². The Morgan fingerprint density at radius 1 is 1.29 bits per heavy atom. The van der Waals surface area contributed by atoms with Crippen LogP contribution in [-0.2, 0) is 6.54 Å². The Hall–Kier alpha value is -2.70. The van der Waals surface area contributed by atoms with Crippen LogP contribution in [0, 0.1) is 12.8 Å². The highest BCUT2D eigenvalue weighted by molar-refractivity contribution is 7.09. The Bertz CT molecular complexity index is 991. The van der Waals surface area contributed by atoms with E-state index in [1.54, 1.807) is 18.4 Å². The van der Waals surface area contributed by atoms with Crippen LogP contribution in [0.5, 0.6) is 5.75 Å². The number of piperidine rings is 1. The monoisotopic (exact) mass is 435 g/mol. The lowest BCUT2D eigenvalue weighted by Gasteiger charge is -2.37. The Balaban J connectivity index is 1.51. The number of rotatable bonds is 7. The highest BCUT2D eigenvalue weighted by atomic mass is 32.1. The van der Waals surface area contributed by atoms with Gasteiger partial charge in [0.15, 0.2) is 0 Å². The number of carbonyl (C=O) groups excluding carboxylic acids is 1. The molecule has 5 nitrogen and oxygen atoms in total. The standard InChI is InChI=1S/C25H29N3O2S/c1-18-10-11-22(30-2)21(15-18)17-28-13-6-9-20(16-28)23(25-26-12-14-31-25)27-24(29)19-7-4-3-5-8-19/h3-5,7-8,10-12,14-15,20,23H,6,9,13,16-17H2,1-2H3,(H,27,29)/t20-,23-/m1/s1. The normalized spacial score (nSPS) is 17.8. The average molecular weight is 436 g/mol. The molecule has 0 unspecified atom stereocenters.